The number of amides is 1. The van der Waals surface area contributed by atoms with Gasteiger partial charge in [0, 0.05) is 12.1 Å². The molecule has 0 aromatic carbocycles. The van der Waals surface area contributed by atoms with E-state index in [0.29, 0.717) is 11.2 Å². The number of nitrogens with zero attached hydrogens (tertiary/aromatic N) is 2. The highest BCUT2D eigenvalue weighted by Gasteiger charge is 2.35. The summed E-state index contributed by atoms with van der Waals surface area (Å²) in [6.07, 6.45) is 6.42. The lowest BCUT2D eigenvalue weighted by molar-refractivity contribution is -0.117. The molecule has 1 aromatic rings. The largest absolute Gasteiger partial charge is 0.355 e. The van der Waals surface area contributed by atoms with Crippen molar-refractivity contribution in [3.63, 3.8) is 0 Å². The molecule has 0 radical (unpaired) electrons. The van der Waals surface area contributed by atoms with Gasteiger partial charge in [0.2, 0.25) is 5.91 Å². The standard InChI is InChI=1S/C13H16ClN3O/c1-8-13(18)16-10-7-15-12(14)6-11(10)17(8)9-4-2-3-5-9/h6-9H,2-5H2,1H3,(H,16,18). The molecular formula is C13H16ClN3O. The second kappa shape index (κ2) is 4.43. The minimum Gasteiger partial charge on any atom is -0.355 e. The van der Waals surface area contributed by atoms with E-state index in [9.17, 15) is 4.79 Å². The quantitative estimate of drug-likeness (QED) is 0.794. The number of carbonyl (C=O) groups is 1. The van der Waals surface area contributed by atoms with Crippen molar-refractivity contribution < 1.29 is 4.79 Å². The number of anilines is 2. The number of nitrogens with one attached hydrogen (secondary N) is 1. The van der Waals surface area contributed by atoms with Crippen LogP contribution in [0.4, 0.5) is 11.4 Å². The van der Waals surface area contributed by atoms with Gasteiger partial charge >= 0.3 is 0 Å². The molecule has 1 unspecified atom stereocenters. The molecule has 18 heavy (non-hydrogen) atoms. The summed E-state index contributed by atoms with van der Waals surface area (Å²) in [5, 5.41) is 3.36. The van der Waals surface area contributed by atoms with E-state index in [4.69, 9.17) is 11.6 Å². The molecule has 2 aliphatic rings. The summed E-state index contributed by atoms with van der Waals surface area (Å²) in [6.45, 7) is 1.95. The van der Waals surface area contributed by atoms with Crippen LogP contribution in [0, 0.1) is 0 Å². The summed E-state index contributed by atoms with van der Waals surface area (Å²) in [5.74, 6) is 0.0403. The minimum atomic E-state index is -0.140. The average Bonchev–Trinajstić information content (AvgIpc) is 2.85. The van der Waals surface area contributed by atoms with Gasteiger partial charge in [-0.2, -0.15) is 0 Å². The zero-order valence-corrected chi connectivity index (χ0v) is 11.1. The molecule has 1 aromatic heterocycles. The van der Waals surface area contributed by atoms with Crippen molar-refractivity contribution in [1.82, 2.24) is 4.98 Å². The maximum Gasteiger partial charge on any atom is 0.246 e. The third-order valence-corrected chi connectivity index (χ3v) is 4.11. The lowest BCUT2D eigenvalue weighted by atomic mass is 10.1. The molecule has 1 N–H and O–H groups in total. The molecule has 96 valence electrons. The van der Waals surface area contributed by atoms with Crippen LogP contribution in [0.15, 0.2) is 12.3 Å². The molecule has 5 heteroatoms. The first-order valence-corrected chi connectivity index (χ1v) is 6.79. The Morgan fingerprint density at radius 1 is 1.44 bits per heavy atom. The van der Waals surface area contributed by atoms with Crippen LogP contribution < -0.4 is 10.2 Å². The molecule has 0 saturated heterocycles. The van der Waals surface area contributed by atoms with Gasteiger partial charge in [0.05, 0.1) is 17.6 Å². The Kier molecular flexibility index (Phi) is 2.90. The summed E-state index contributed by atoms with van der Waals surface area (Å²) < 4.78 is 0. The molecule has 3 rings (SSSR count). The van der Waals surface area contributed by atoms with E-state index in [1.807, 2.05) is 13.0 Å². The summed E-state index contributed by atoms with van der Waals surface area (Å²) in [4.78, 5) is 18.2. The third-order valence-electron chi connectivity index (χ3n) is 3.90. The fourth-order valence-corrected chi connectivity index (χ4v) is 3.15. The highest BCUT2D eigenvalue weighted by atomic mass is 35.5. The Morgan fingerprint density at radius 2 is 2.17 bits per heavy atom. The van der Waals surface area contributed by atoms with Crippen LogP contribution in [0.1, 0.15) is 32.6 Å². The van der Waals surface area contributed by atoms with Crippen LogP contribution in [0.5, 0.6) is 0 Å². The molecule has 1 fully saturated rings. The van der Waals surface area contributed by atoms with Gasteiger partial charge in [0.1, 0.15) is 11.2 Å². The van der Waals surface area contributed by atoms with Gasteiger partial charge in [-0.05, 0) is 19.8 Å². The molecule has 2 heterocycles. The fourth-order valence-electron chi connectivity index (χ4n) is 3.00. The Balaban J connectivity index is 2.05. The second-order valence-electron chi connectivity index (χ2n) is 5.03. The molecule has 1 amide bonds. The number of aromatic nitrogens is 1. The first-order chi connectivity index (χ1) is 8.66. The van der Waals surface area contributed by atoms with Crippen molar-refractivity contribution in [3.8, 4) is 0 Å². The zero-order valence-electron chi connectivity index (χ0n) is 10.3. The van der Waals surface area contributed by atoms with Gasteiger partial charge in [-0.3, -0.25) is 4.79 Å². The second-order valence-corrected chi connectivity index (χ2v) is 5.42. The number of rotatable bonds is 1. The first-order valence-electron chi connectivity index (χ1n) is 6.41. The molecular weight excluding hydrogens is 250 g/mol. The Hall–Kier alpha value is -1.29. The molecule has 1 aliphatic heterocycles. The number of hydrogen-bond donors (Lipinski definition) is 1. The minimum absolute atomic E-state index is 0.0403. The van der Waals surface area contributed by atoms with Crippen LogP contribution in [-0.2, 0) is 4.79 Å². The predicted octanol–water partition coefficient (Wildman–Crippen LogP) is 2.82. The molecule has 1 aliphatic carbocycles. The normalized spacial score (nSPS) is 24.0. The SMILES string of the molecule is CC1C(=O)Nc2cnc(Cl)cc2N1C1CCCC1. The molecule has 1 saturated carbocycles. The van der Waals surface area contributed by atoms with E-state index in [-0.39, 0.29) is 11.9 Å². The highest BCUT2D eigenvalue weighted by Crippen LogP contribution is 2.38. The van der Waals surface area contributed by atoms with Gasteiger partial charge in [0.15, 0.2) is 0 Å². The first kappa shape index (κ1) is 11.8. The van der Waals surface area contributed by atoms with Crippen molar-refractivity contribution in [2.75, 3.05) is 10.2 Å². The Bertz CT molecular complexity index is 485. The number of carbonyl (C=O) groups excluding carboxylic acids is 1. The van der Waals surface area contributed by atoms with Gasteiger partial charge in [-0.1, -0.05) is 24.4 Å². The number of pyridine rings is 1. The van der Waals surface area contributed by atoms with E-state index in [1.54, 1.807) is 6.20 Å². The number of halogens is 1. The van der Waals surface area contributed by atoms with Crippen molar-refractivity contribution in [1.29, 1.82) is 0 Å². The van der Waals surface area contributed by atoms with Gasteiger partial charge in [-0.15, -0.1) is 0 Å². The summed E-state index contributed by atoms with van der Waals surface area (Å²) >= 11 is 5.98. The van der Waals surface area contributed by atoms with E-state index in [0.717, 1.165) is 24.2 Å². The summed E-state index contributed by atoms with van der Waals surface area (Å²) in [5.41, 5.74) is 1.78. The van der Waals surface area contributed by atoms with Crippen LogP contribution >= 0.6 is 11.6 Å². The van der Waals surface area contributed by atoms with Gasteiger partial charge < -0.3 is 10.2 Å². The maximum absolute atomic E-state index is 12.0. The number of hydrogen-bond acceptors (Lipinski definition) is 3. The lowest BCUT2D eigenvalue weighted by Gasteiger charge is -2.40. The van der Waals surface area contributed by atoms with Crippen LogP contribution in [0.25, 0.3) is 0 Å². The summed E-state index contributed by atoms with van der Waals surface area (Å²) in [6, 6.07) is 2.16. The van der Waals surface area contributed by atoms with Gasteiger partial charge in [0.25, 0.3) is 0 Å². The predicted molar refractivity (Wildman–Crippen MR) is 72.1 cm³/mol. The molecule has 1 atom stereocenters. The van der Waals surface area contributed by atoms with Crippen molar-refractivity contribution in [2.45, 2.75) is 44.7 Å². The molecule has 0 spiro atoms. The lowest BCUT2D eigenvalue weighted by Crippen LogP contribution is -2.50. The zero-order chi connectivity index (χ0) is 12.7. The van der Waals surface area contributed by atoms with E-state index in [2.05, 4.69) is 15.2 Å². The number of fused-ring (bicyclic) bond motifs is 1. The van der Waals surface area contributed by atoms with Crippen molar-refractivity contribution in [3.05, 3.63) is 17.4 Å². The molecule has 4 nitrogen and oxygen atoms in total. The highest BCUT2D eigenvalue weighted by molar-refractivity contribution is 6.29. The van der Waals surface area contributed by atoms with Crippen LogP contribution in [0.3, 0.4) is 0 Å². The smallest absolute Gasteiger partial charge is 0.246 e. The fraction of sp³-hybridized carbons (Fsp3) is 0.538. The van der Waals surface area contributed by atoms with Crippen LogP contribution in [0.2, 0.25) is 5.15 Å². The van der Waals surface area contributed by atoms with E-state index < -0.39 is 0 Å². The molecule has 0 bridgehead atoms. The van der Waals surface area contributed by atoms with Crippen molar-refractivity contribution in [2.24, 2.45) is 0 Å². The monoisotopic (exact) mass is 265 g/mol. The Morgan fingerprint density at radius 3 is 2.89 bits per heavy atom. The van der Waals surface area contributed by atoms with Crippen molar-refractivity contribution >= 4 is 28.9 Å². The van der Waals surface area contributed by atoms with Crippen LogP contribution in [-0.4, -0.2) is 23.0 Å². The maximum atomic E-state index is 12.0. The summed E-state index contributed by atoms with van der Waals surface area (Å²) in [7, 11) is 0. The van der Waals surface area contributed by atoms with Gasteiger partial charge in [-0.25, -0.2) is 4.98 Å². The van der Waals surface area contributed by atoms with E-state index >= 15 is 0 Å². The van der Waals surface area contributed by atoms with E-state index in [1.165, 1.54) is 12.8 Å². The Labute approximate surface area is 111 Å². The average molecular weight is 266 g/mol. The topological polar surface area (TPSA) is 45.2 Å². The third kappa shape index (κ3) is 1.85.